The fourth-order valence-corrected chi connectivity index (χ4v) is 3.47. The van der Waals surface area contributed by atoms with Crippen molar-refractivity contribution < 1.29 is 26.7 Å². The first-order valence-corrected chi connectivity index (χ1v) is 9.66. The number of hydrogen-bond donors (Lipinski definition) is 2. The van der Waals surface area contributed by atoms with Gasteiger partial charge in [-0.2, -0.15) is 8.78 Å². The molecular weight excluding hydrogens is 378 g/mol. The lowest BCUT2D eigenvalue weighted by Crippen LogP contribution is -2.27. The lowest BCUT2D eigenvalue weighted by molar-refractivity contribution is -0.0498. The van der Waals surface area contributed by atoms with Crippen molar-refractivity contribution in [1.82, 2.24) is 10.0 Å². The van der Waals surface area contributed by atoms with Crippen molar-refractivity contribution in [2.45, 2.75) is 31.4 Å². The van der Waals surface area contributed by atoms with Crippen LogP contribution < -0.4 is 14.8 Å². The summed E-state index contributed by atoms with van der Waals surface area (Å²) in [5.41, 5.74) is 0.875. The standard InChI is InChI=1S/C18H20F2N2O4S/c1-3-21-27(24,25)16-6-4-5-14(11-16)17(23)22-12(2)13-7-9-15(10-8-13)26-18(19)20/h4-12,18,21H,3H2,1-2H3,(H,22,23). The van der Waals surface area contributed by atoms with E-state index in [9.17, 15) is 22.0 Å². The molecule has 1 amide bonds. The van der Waals surface area contributed by atoms with Crippen molar-refractivity contribution in [3.05, 3.63) is 59.7 Å². The number of carbonyl (C=O) groups is 1. The van der Waals surface area contributed by atoms with Gasteiger partial charge in [0.25, 0.3) is 5.91 Å². The fraction of sp³-hybridized carbons (Fsp3) is 0.278. The highest BCUT2D eigenvalue weighted by Gasteiger charge is 2.17. The Kier molecular flexibility index (Phi) is 6.86. The summed E-state index contributed by atoms with van der Waals surface area (Å²) in [5.74, 6) is -0.433. The van der Waals surface area contributed by atoms with Crippen LogP contribution in [0, 0.1) is 0 Å². The van der Waals surface area contributed by atoms with Crippen LogP contribution in [0.2, 0.25) is 0 Å². The number of halogens is 2. The average Bonchev–Trinajstić information content (AvgIpc) is 2.62. The van der Waals surface area contributed by atoms with Crippen molar-refractivity contribution in [2.24, 2.45) is 0 Å². The summed E-state index contributed by atoms with van der Waals surface area (Å²) in [6.07, 6.45) is 0. The summed E-state index contributed by atoms with van der Waals surface area (Å²) in [4.78, 5) is 12.4. The van der Waals surface area contributed by atoms with Crippen LogP contribution in [0.4, 0.5) is 8.78 Å². The predicted molar refractivity (Wildman–Crippen MR) is 96.3 cm³/mol. The monoisotopic (exact) mass is 398 g/mol. The normalized spacial score (nSPS) is 12.6. The summed E-state index contributed by atoms with van der Waals surface area (Å²) < 4.78 is 55.1. The van der Waals surface area contributed by atoms with Crippen molar-refractivity contribution in [1.29, 1.82) is 0 Å². The van der Waals surface area contributed by atoms with E-state index in [1.165, 1.54) is 36.4 Å². The SMILES string of the molecule is CCNS(=O)(=O)c1cccc(C(=O)NC(C)c2ccc(OC(F)F)cc2)c1. The quantitative estimate of drug-likeness (QED) is 0.716. The van der Waals surface area contributed by atoms with Crippen LogP contribution in [0.15, 0.2) is 53.4 Å². The first-order valence-electron chi connectivity index (χ1n) is 8.18. The largest absolute Gasteiger partial charge is 0.435 e. The van der Waals surface area contributed by atoms with Gasteiger partial charge in [-0.05, 0) is 42.8 Å². The Bertz CT molecular complexity index is 886. The minimum absolute atomic E-state index is 0.00171. The van der Waals surface area contributed by atoms with Crippen LogP contribution >= 0.6 is 0 Å². The molecule has 0 aliphatic rings. The molecule has 27 heavy (non-hydrogen) atoms. The van der Waals surface area contributed by atoms with E-state index >= 15 is 0 Å². The Morgan fingerprint density at radius 1 is 1.15 bits per heavy atom. The van der Waals surface area contributed by atoms with Crippen molar-refractivity contribution in [3.63, 3.8) is 0 Å². The smallest absolute Gasteiger partial charge is 0.387 e. The number of hydrogen-bond acceptors (Lipinski definition) is 4. The van der Waals surface area contributed by atoms with Crippen molar-refractivity contribution in [2.75, 3.05) is 6.54 Å². The summed E-state index contributed by atoms with van der Waals surface area (Å²) >= 11 is 0. The molecule has 6 nitrogen and oxygen atoms in total. The van der Waals surface area contributed by atoms with E-state index < -0.39 is 28.6 Å². The second kappa shape index (κ2) is 8.92. The maximum Gasteiger partial charge on any atom is 0.387 e. The third-order valence-corrected chi connectivity index (χ3v) is 5.24. The zero-order valence-corrected chi connectivity index (χ0v) is 15.6. The van der Waals surface area contributed by atoms with Gasteiger partial charge in [0.2, 0.25) is 10.0 Å². The van der Waals surface area contributed by atoms with Crippen LogP contribution in [0.25, 0.3) is 0 Å². The molecule has 1 unspecified atom stereocenters. The number of amides is 1. The second-order valence-electron chi connectivity index (χ2n) is 5.67. The zero-order chi connectivity index (χ0) is 20.0. The Morgan fingerprint density at radius 2 is 1.81 bits per heavy atom. The molecular formula is C18H20F2N2O4S. The fourth-order valence-electron chi connectivity index (χ4n) is 2.38. The molecule has 0 fully saturated rings. The maximum absolute atomic E-state index is 12.4. The van der Waals surface area contributed by atoms with Crippen LogP contribution in [0.3, 0.4) is 0 Å². The summed E-state index contributed by atoms with van der Waals surface area (Å²) in [5, 5.41) is 2.74. The van der Waals surface area contributed by atoms with Gasteiger partial charge in [-0.25, -0.2) is 13.1 Å². The van der Waals surface area contributed by atoms with Gasteiger partial charge in [-0.15, -0.1) is 0 Å². The second-order valence-corrected chi connectivity index (χ2v) is 7.44. The number of benzene rings is 2. The first kappa shape index (κ1) is 20.8. The highest BCUT2D eigenvalue weighted by Crippen LogP contribution is 2.20. The minimum atomic E-state index is -3.67. The predicted octanol–water partition coefficient (Wildman–Crippen LogP) is 3.08. The lowest BCUT2D eigenvalue weighted by atomic mass is 10.1. The number of sulfonamides is 1. The summed E-state index contributed by atoms with van der Waals surface area (Å²) in [7, 11) is -3.67. The van der Waals surface area contributed by atoms with Gasteiger partial charge >= 0.3 is 6.61 Å². The number of ether oxygens (including phenoxy) is 1. The van der Waals surface area contributed by atoms with E-state index in [4.69, 9.17) is 0 Å². The first-order chi connectivity index (χ1) is 12.7. The van der Waals surface area contributed by atoms with E-state index in [-0.39, 0.29) is 22.8 Å². The topological polar surface area (TPSA) is 84.5 Å². The summed E-state index contributed by atoms with van der Waals surface area (Å²) in [6.45, 7) is 0.716. The van der Waals surface area contributed by atoms with Crippen LogP contribution in [-0.4, -0.2) is 27.5 Å². The molecule has 2 aromatic carbocycles. The molecule has 0 radical (unpaired) electrons. The molecule has 0 bridgehead atoms. The number of carbonyl (C=O) groups excluding carboxylic acids is 1. The molecule has 0 saturated carbocycles. The van der Waals surface area contributed by atoms with Crippen molar-refractivity contribution >= 4 is 15.9 Å². The van der Waals surface area contributed by atoms with E-state index in [0.717, 1.165) is 0 Å². The summed E-state index contributed by atoms with van der Waals surface area (Å²) in [6, 6.07) is 11.2. The zero-order valence-electron chi connectivity index (χ0n) is 14.8. The van der Waals surface area contributed by atoms with E-state index in [0.29, 0.717) is 5.56 Å². The third-order valence-electron chi connectivity index (χ3n) is 3.69. The number of nitrogens with one attached hydrogen (secondary N) is 2. The molecule has 0 spiro atoms. The minimum Gasteiger partial charge on any atom is -0.435 e. The van der Waals surface area contributed by atoms with Crippen LogP contribution in [-0.2, 0) is 10.0 Å². The molecule has 146 valence electrons. The highest BCUT2D eigenvalue weighted by molar-refractivity contribution is 7.89. The van der Waals surface area contributed by atoms with E-state index in [1.54, 1.807) is 26.0 Å². The highest BCUT2D eigenvalue weighted by atomic mass is 32.2. The molecule has 0 aliphatic heterocycles. The van der Waals surface area contributed by atoms with Gasteiger partial charge in [0, 0.05) is 12.1 Å². The van der Waals surface area contributed by atoms with Gasteiger partial charge in [-0.1, -0.05) is 25.1 Å². The molecule has 0 heterocycles. The van der Waals surface area contributed by atoms with Gasteiger partial charge in [0.1, 0.15) is 5.75 Å². The Morgan fingerprint density at radius 3 is 2.41 bits per heavy atom. The Balaban J connectivity index is 2.10. The van der Waals surface area contributed by atoms with Gasteiger partial charge in [-0.3, -0.25) is 4.79 Å². The van der Waals surface area contributed by atoms with Gasteiger partial charge in [0.05, 0.1) is 10.9 Å². The average molecular weight is 398 g/mol. The van der Waals surface area contributed by atoms with E-state index in [2.05, 4.69) is 14.8 Å². The molecule has 0 aliphatic carbocycles. The van der Waals surface area contributed by atoms with Crippen LogP contribution in [0.5, 0.6) is 5.75 Å². The number of rotatable bonds is 8. The Hall–Kier alpha value is -2.52. The molecule has 0 saturated heterocycles. The van der Waals surface area contributed by atoms with Gasteiger partial charge < -0.3 is 10.1 Å². The molecule has 2 rings (SSSR count). The molecule has 2 aromatic rings. The van der Waals surface area contributed by atoms with E-state index in [1.807, 2.05) is 0 Å². The maximum atomic E-state index is 12.4. The molecule has 0 aromatic heterocycles. The third kappa shape index (κ3) is 5.73. The van der Waals surface area contributed by atoms with Crippen molar-refractivity contribution in [3.8, 4) is 5.75 Å². The van der Waals surface area contributed by atoms with Crippen LogP contribution in [0.1, 0.15) is 35.8 Å². The molecule has 2 N–H and O–H groups in total. The Labute approximate surface area is 156 Å². The molecule has 1 atom stereocenters. The number of alkyl halides is 2. The lowest BCUT2D eigenvalue weighted by Gasteiger charge is -2.15. The molecule has 9 heteroatoms. The van der Waals surface area contributed by atoms with Gasteiger partial charge in [0.15, 0.2) is 0 Å².